The first-order chi connectivity index (χ1) is 11.1. The highest BCUT2D eigenvalue weighted by molar-refractivity contribution is 7.82. The number of ether oxygens (including phenoxy) is 1. The molecule has 23 heavy (non-hydrogen) atoms. The van der Waals surface area contributed by atoms with Gasteiger partial charge in [-0.3, -0.25) is 4.90 Å². The van der Waals surface area contributed by atoms with Gasteiger partial charge in [-0.25, -0.2) is 8.51 Å². The minimum atomic E-state index is -1.05. The topological polar surface area (TPSA) is 32.8 Å². The summed E-state index contributed by atoms with van der Waals surface area (Å²) in [6.45, 7) is 10.9. The lowest BCUT2D eigenvalue weighted by Crippen LogP contribution is -2.46. The van der Waals surface area contributed by atoms with Crippen molar-refractivity contribution in [3.8, 4) is 0 Å². The summed E-state index contributed by atoms with van der Waals surface area (Å²) in [4.78, 5) is 3.40. The summed E-state index contributed by atoms with van der Waals surface area (Å²) in [5.41, 5.74) is 1.32. The molecule has 2 aliphatic heterocycles. The van der Waals surface area contributed by atoms with Crippen molar-refractivity contribution in [2.75, 3.05) is 39.4 Å². The van der Waals surface area contributed by atoms with E-state index in [1.807, 2.05) is 16.4 Å². The number of morpholine rings is 1. The number of rotatable bonds is 6. The SMILES string of the molecule is CC(C)CC1CN(Cc2ccc(S(=O)N3CCOCC3)cc2)C1. The molecule has 0 spiro atoms. The molecule has 4 nitrogen and oxygen atoms in total. The Morgan fingerprint density at radius 1 is 1.17 bits per heavy atom. The number of nitrogens with zero attached hydrogens (tertiary/aromatic N) is 2. The molecule has 0 saturated carbocycles. The molecule has 0 bridgehead atoms. The molecule has 1 unspecified atom stereocenters. The van der Waals surface area contributed by atoms with Crippen molar-refractivity contribution in [1.29, 1.82) is 0 Å². The van der Waals surface area contributed by atoms with E-state index in [1.165, 1.54) is 25.1 Å². The highest BCUT2D eigenvalue weighted by atomic mass is 32.2. The Hall–Kier alpha value is -0.750. The van der Waals surface area contributed by atoms with Gasteiger partial charge in [0.15, 0.2) is 0 Å². The summed E-state index contributed by atoms with van der Waals surface area (Å²) < 4.78 is 19.8. The third-order valence-corrected chi connectivity index (χ3v) is 6.08. The lowest BCUT2D eigenvalue weighted by molar-refractivity contribution is 0.0752. The molecule has 2 saturated heterocycles. The summed E-state index contributed by atoms with van der Waals surface area (Å²) in [6.07, 6.45) is 1.34. The van der Waals surface area contributed by atoms with Gasteiger partial charge in [0.05, 0.1) is 18.1 Å². The minimum Gasteiger partial charge on any atom is -0.379 e. The molecule has 128 valence electrons. The second kappa shape index (κ2) is 7.88. The quantitative estimate of drug-likeness (QED) is 0.800. The molecule has 5 heteroatoms. The maximum absolute atomic E-state index is 12.5. The van der Waals surface area contributed by atoms with Crippen LogP contribution in [0.5, 0.6) is 0 Å². The van der Waals surface area contributed by atoms with Crippen molar-refractivity contribution < 1.29 is 8.95 Å². The van der Waals surface area contributed by atoms with Gasteiger partial charge in [0, 0.05) is 32.7 Å². The molecule has 1 aromatic carbocycles. The van der Waals surface area contributed by atoms with Gasteiger partial charge in [-0.2, -0.15) is 0 Å². The Kier molecular flexibility index (Phi) is 5.85. The van der Waals surface area contributed by atoms with E-state index in [1.54, 1.807) is 0 Å². The van der Waals surface area contributed by atoms with Gasteiger partial charge in [0.2, 0.25) is 0 Å². The Morgan fingerprint density at radius 3 is 2.43 bits per heavy atom. The summed E-state index contributed by atoms with van der Waals surface area (Å²) in [5, 5.41) is 0. The van der Waals surface area contributed by atoms with E-state index in [0.29, 0.717) is 13.2 Å². The fourth-order valence-corrected chi connectivity index (χ4v) is 4.60. The van der Waals surface area contributed by atoms with Crippen LogP contribution < -0.4 is 0 Å². The summed E-state index contributed by atoms with van der Waals surface area (Å²) in [5.74, 6) is 1.68. The van der Waals surface area contributed by atoms with Crippen LogP contribution in [0.3, 0.4) is 0 Å². The second-order valence-corrected chi connectivity index (χ2v) is 8.61. The normalized spacial score (nSPS) is 22.2. The average molecular weight is 337 g/mol. The predicted molar refractivity (Wildman–Crippen MR) is 93.5 cm³/mol. The van der Waals surface area contributed by atoms with Gasteiger partial charge < -0.3 is 4.74 Å². The monoisotopic (exact) mass is 336 g/mol. The van der Waals surface area contributed by atoms with E-state index in [4.69, 9.17) is 4.74 Å². The highest BCUT2D eigenvalue weighted by Gasteiger charge is 2.27. The maximum atomic E-state index is 12.5. The molecular weight excluding hydrogens is 308 g/mol. The van der Waals surface area contributed by atoms with Gasteiger partial charge in [-0.15, -0.1) is 0 Å². The van der Waals surface area contributed by atoms with Crippen molar-refractivity contribution in [3.05, 3.63) is 29.8 Å². The molecule has 2 aliphatic rings. The van der Waals surface area contributed by atoms with Crippen LogP contribution in [-0.2, 0) is 22.3 Å². The maximum Gasteiger partial charge on any atom is 0.127 e. The number of likely N-dealkylation sites (tertiary alicyclic amines) is 1. The molecule has 0 aromatic heterocycles. The van der Waals surface area contributed by atoms with Crippen molar-refractivity contribution in [2.24, 2.45) is 11.8 Å². The van der Waals surface area contributed by atoms with E-state index in [0.717, 1.165) is 36.4 Å². The van der Waals surface area contributed by atoms with Crippen LogP contribution in [0.2, 0.25) is 0 Å². The summed E-state index contributed by atoms with van der Waals surface area (Å²) in [7, 11) is -1.05. The van der Waals surface area contributed by atoms with Crippen LogP contribution in [-0.4, -0.2) is 52.8 Å². The van der Waals surface area contributed by atoms with Crippen LogP contribution in [0.1, 0.15) is 25.8 Å². The van der Waals surface area contributed by atoms with E-state index >= 15 is 0 Å². The summed E-state index contributed by atoms with van der Waals surface area (Å²) in [6, 6.07) is 8.30. The Morgan fingerprint density at radius 2 is 1.83 bits per heavy atom. The van der Waals surface area contributed by atoms with E-state index in [-0.39, 0.29) is 0 Å². The number of hydrogen-bond acceptors (Lipinski definition) is 3. The first-order valence-electron chi connectivity index (χ1n) is 8.67. The Bertz CT molecular complexity index is 520. The minimum absolute atomic E-state index is 0.677. The van der Waals surface area contributed by atoms with Crippen LogP contribution in [0.4, 0.5) is 0 Å². The zero-order valence-corrected chi connectivity index (χ0v) is 15.1. The van der Waals surface area contributed by atoms with Gasteiger partial charge in [-0.1, -0.05) is 26.0 Å². The second-order valence-electron chi connectivity index (χ2n) is 7.12. The number of hydrogen-bond donors (Lipinski definition) is 0. The average Bonchev–Trinajstić information content (AvgIpc) is 2.53. The van der Waals surface area contributed by atoms with E-state index in [9.17, 15) is 4.21 Å². The largest absolute Gasteiger partial charge is 0.379 e. The van der Waals surface area contributed by atoms with Gasteiger partial charge in [0.1, 0.15) is 11.0 Å². The zero-order valence-electron chi connectivity index (χ0n) is 14.2. The Labute approximate surface area is 142 Å². The fourth-order valence-electron chi connectivity index (χ4n) is 3.45. The standard InChI is InChI=1S/C18H28N2O2S/c1-15(2)11-17-13-19(14-17)12-16-3-5-18(6-4-16)23(21)20-7-9-22-10-8-20/h3-6,15,17H,7-14H2,1-2H3. The molecular formula is C18H28N2O2S. The fraction of sp³-hybridized carbons (Fsp3) is 0.667. The molecule has 0 radical (unpaired) electrons. The molecule has 0 aliphatic carbocycles. The predicted octanol–water partition coefficient (Wildman–Crippen LogP) is 2.52. The van der Waals surface area contributed by atoms with Gasteiger partial charge in [0.25, 0.3) is 0 Å². The van der Waals surface area contributed by atoms with Crippen molar-refractivity contribution >= 4 is 11.0 Å². The van der Waals surface area contributed by atoms with Gasteiger partial charge >= 0.3 is 0 Å². The molecule has 1 aromatic rings. The van der Waals surface area contributed by atoms with E-state index in [2.05, 4.69) is 30.9 Å². The lowest BCUT2D eigenvalue weighted by atomic mass is 9.90. The van der Waals surface area contributed by atoms with Gasteiger partial charge in [-0.05, 0) is 36.0 Å². The van der Waals surface area contributed by atoms with Crippen LogP contribution in [0, 0.1) is 11.8 Å². The van der Waals surface area contributed by atoms with E-state index < -0.39 is 11.0 Å². The molecule has 0 N–H and O–H groups in total. The smallest absolute Gasteiger partial charge is 0.127 e. The van der Waals surface area contributed by atoms with Crippen LogP contribution >= 0.6 is 0 Å². The van der Waals surface area contributed by atoms with Crippen molar-refractivity contribution in [3.63, 3.8) is 0 Å². The lowest BCUT2D eigenvalue weighted by Gasteiger charge is -2.40. The van der Waals surface area contributed by atoms with Crippen LogP contribution in [0.25, 0.3) is 0 Å². The van der Waals surface area contributed by atoms with Crippen molar-refractivity contribution in [2.45, 2.75) is 31.7 Å². The van der Waals surface area contributed by atoms with Crippen LogP contribution in [0.15, 0.2) is 29.2 Å². The highest BCUT2D eigenvalue weighted by Crippen LogP contribution is 2.25. The third-order valence-electron chi connectivity index (χ3n) is 4.57. The molecule has 3 rings (SSSR count). The molecule has 0 amide bonds. The molecule has 2 heterocycles. The first kappa shape index (κ1) is 17.1. The van der Waals surface area contributed by atoms with Crippen molar-refractivity contribution in [1.82, 2.24) is 9.21 Å². The molecule has 2 fully saturated rings. The molecule has 1 atom stereocenters. The first-order valence-corrected chi connectivity index (χ1v) is 9.78. The summed E-state index contributed by atoms with van der Waals surface area (Å²) >= 11 is 0. The third kappa shape index (κ3) is 4.63. The zero-order chi connectivity index (χ0) is 16.2. The Balaban J connectivity index is 1.49. The number of benzene rings is 1.